The first-order chi connectivity index (χ1) is 10.9. The molecule has 0 saturated heterocycles. The van der Waals surface area contributed by atoms with Crippen LogP contribution in [-0.2, 0) is 0 Å². The van der Waals surface area contributed by atoms with Crippen molar-refractivity contribution in [1.82, 2.24) is 9.80 Å². The van der Waals surface area contributed by atoms with E-state index >= 15 is 0 Å². The number of hydrogen-bond acceptors (Lipinski definition) is 2. The third-order valence-electron chi connectivity index (χ3n) is 5.73. The molecule has 2 aliphatic carbocycles. The lowest BCUT2D eigenvalue weighted by atomic mass is 10.0. The Morgan fingerprint density at radius 1 is 1.09 bits per heavy atom. The maximum atomic E-state index is 14.0. The molecule has 1 aromatic carbocycles. The number of carbonyl (C=O) groups excluding carboxylic acids is 1. The SMILES string of the molecule is CN(C)C1C[C@@H]2CC(N(C)C(=O)c3ccc(Cl)cc3F)C[C@@H]2C1. The molecular formula is C18H24ClFN2O. The number of halogens is 2. The minimum atomic E-state index is -0.541. The topological polar surface area (TPSA) is 23.6 Å². The number of fused-ring (bicyclic) bond motifs is 1. The molecule has 0 aliphatic heterocycles. The second kappa shape index (κ2) is 6.40. The third-order valence-corrected chi connectivity index (χ3v) is 5.96. The van der Waals surface area contributed by atoms with E-state index in [4.69, 9.17) is 11.6 Å². The summed E-state index contributed by atoms with van der Waals surface area (Å²) in [4.78, 5) is 16.6. The molecule has 1 aromatic rings. The molecule has 2 aliphatic rings. The Hall–Kier alpha value is -1.13. The van der Waals surface area contributed by atoms with Crippen molar-refractivity contribution in [3.05, 3.63) is 34.6 Å². The molecule has 23 heavy (non-hydrogen) atoms. The Labute approximate surface area is 142 Å². The summed E-state index contributed by atoms with van der Waals surface area (Å²) in [6.07, 6.45) is 4.50. The van der Waals surface area contributed by atoms with Crippen LogP contribution in [0.1, 0.15) is 36.0 Å². The van der Waals surface area contributed by atoms with E-state index in [1.807, 2.05) is 0 Å². The molecule has 0 aromatic heterocycles. The Bertz CT molecular complexity index is 593. The Morgan fingerprint density at radius 2 is 1.65 bits per heavy atom. The Kier molecular flexibility index (Phi) is 4.65. The van der Waals surface area contributed by atoms with Crippen LogP contribution in [0.2, 0.25) is 5.02 Å². The Balaban J connectivity index is 1.66. The summed E-state index contributed by atoms with van der Waals surface area (Å²) in [5, 5.41) is 0.312. The van der Waals surface area contributed by atoms with Gasteiger partial charge in [-0.15, -0.1) is 0 Å². The second-order valence-electron chi connectivity index (χ2n) is 7.27. The van der Waals surface area contributed by atoms with E-state index in [-0.39, 0.29) is 17.5 Å². The maximum Gasteiger partial charge on any atom is 0.256 e. The molecule has 2 unspecified atom stereocenters. The summed E-state index contributed by atoms with van der Waals surface area (Å²) in [5.41, 5.74) is 0.111. The van der Waals surface area contributed by atoms with Crippen molar-refractivity contribution in [2.45, 2.75) is 37.8 Å². The van der Waals surface area contributed by atoms with Gasteiger partial charge in [0.25, 0.3) is 5.91 Å². The molecule has 2 fully saturated rings. The molecule has 1 amide bonds. The van der Waals surface area contributed by atoms with Gasteiger partial charge >= 0.3 is 0 Å². The molecule has 0 heterocycles. The number of nitrogens with zero attached hydrogens (tertiary/aromatic N) is 2. The lowest BCUT2D eigenvalue weighted by molar-refractivity contribution is 0.0721. The van der Waals surface area contributed by atoms with E-state index in [0.717, 1.165) is 12.8 Å². The molecule has 0 bridgehead atoms. The quantitative estimate of drug-likeness (QED) is 0.839. The molecular weight excluding hydrogens is 315 g/mol. The maximum absolute atomic E-state index is 14.0. The normalized spacial score (nSPS) is 29.8. The van der Waals surface area contributed by atoms with Gasteiger partial charge in [0.05, 0.1) is 5.56 Å². The standard InChI is InChI=1S/C18H24ClFN2O/c1-21(2)14-6-11-8-15(9-12(11)7-14)22(3)18(23)16-5-4-13(19)10-17(16)20/h4-5,10-12,14-15H,6-9H2,1-3H3/t11-,12+,14?,15?. The first-order valence-corrected chi connectivity index (χ1v) is 8.63. The van der Waals surface area contributed by atoms with Gasteiger partial charge in [0, 0.05) is 24.2 Å². The predicted molar refractivity (Wildman–Crippen MR) is 90.2 cm³/mol. The summed E-state index contributed by atoms with van der Waals surface area (Å²) < 4.78 is 14.0. The highest BCUT2D eigenvalue weighted by Gasteiger charge is 2.44. The summed E-state index contributed by atoms with van der Waals surface area (Å²) in [5.74, 6) is 0.601. The highest BCUT2D eigenvalue weighted by molar-refractivity contribution is 6.30. The summed E-state index contributed by atoms with van der Waals surface area (Å²) in [6, 6.07) is 5.13. The zero-order valence-corrected chi connectivity index (χ0v) is 14.7. The molecule has 0 N–H and O–H groups in total. The number of carbonyl (C=O) groups is 1. The van der Waals surface area contributed by atoms with E-state index in [0.29, 0.717) is 22.9 Å². The summed E-state index contributed by atoms with van der Waals surface area (Å²) >= 11 is 5.76. The van der Waals surface area contributed by atoms with Gasteiger partial charge in [-0.05, 0) is 69.8 Å². The summed E-state index contributed by atoms with van der Waals surface area (Å²) in [6.45, 7) is 0. The monoisotopic (exact) mass is 338 g/mol. The van der Waals surface area contributed by atoms with Crippen LogP contribution in [-0.4, -0.2) is 48.9 Å². The number of benzene rings is 1. The van der Waals surface area contributed by atoms with Gasteiger partial charge in [-0.2, -0.15) is 0 Å². The van der Waals surface area contributed by atoms with E-state index in [9.17, 15) is 9.18 Å². The number of rotatable bonds is 3. The average molecular weight is 339 g/mol. The van der Waals surface area contributed by atoms with Gasteiger partial charge in [-0.1, -0.05) is 11.6 Å². The second-order valence-corrected chi connectivity index (χ2v) is 7.71. The molecule has 0 radical (unpaired) electrons. The lowest BCUT2D eigenvalue weighted by Gasteiger charge is -2.27. The fourth-order valence-electron chi connectivity index (χ4n) is 4.31. The van der Waals surface area contributed by atoms with Gasteiger partial charge in [-0.3, -0.25) is 4.79 Å². The lowest BCUT2D eigenvalue weighted by Crippen LogP contribution is -2.37. The van der Waals surface area contributed by atoms with Crippen LogP contribution >= 0.6 is 11.6 Å². The van der Waals surface area contributed by atoms with Crippen molar-refractivity contribution in [1.29, 1.82) is 0 Å². The number of hydrogen-bond donors (Lipinski definition) is 0. The predicted octanol–water partition coefficient (Wildman–Crippen LogP) is 3.67. The van der Waals surface area contributed by atoms with Crippen molar-refractivity contribution >= 4 is 17.5 Å². The first kappa shape index (κ1) is 16.7. The van der Waals surface area contributed by atoms with Crippen LogP contribution < -0.4 is 0 Å². The van der Waals surface area contributed by atoms with E-state index < -0.39 is 5.82 Å². The van der Waals surface area contributed by atoms with Crippen LogP contribution in [0.25, 0.3) is 0 Å². The molecule has 3 rings (SSSR count). The number of amides is 1. The molecule has 0 spiro atoms. The smallest absolute Gasteiger partial charge is 0.256 e. The van der Waals surface area contributed by atoms with Crippen LogP contribution in [0.15, 0.2) is 18.2 Å². The van der Waals surface area contributed by atoms with Gasteiger partial charge in [0.2, 0.25) is 0 Å². The Morgan fingerprint density at radius 3 is 2.17 bits per heavy atom. The van der Waals surface area contributed by atoms with Crippen molar-refractivity contribution in [3.8, 4) is 0 Å². The van der Waals surface area contributed by atoms with Crippen molar-refractivity contribution in [2.75, 3.05) is 21.1 Å². The van der Waals surface area contributed by atoms with Crippen molar-refractivity contribution < 1.29 is 9.18 Å². The van der Waals surface area contributed by atoms with E-state index in [2.05, 4.69) is 19.0 Å². The van der Waals surface area contributed by atoms with E-state index in [1.54, 1.807) is 18.0 Å². The van der Waals surface area contributed by atoms with E-state index in [1.165, 1.54) is 25.0 Å². The first-order valence-electron chi connectivity index (χ1n) is 8.25. The van der Waals surface area contributed by atoms with Crippen LogP contribution in [0.4, 0.5) is 4.39 Å². The molecule has 3 nitrogen and oxygen atoms in total. The highest BCUT2D eigenvalue weighted by atomic mass is 35.5. The summed E-state index contributed by atoms with van der Waals surface area (Å²) in [7, 11) is 6.08. The van der Waals surface area contributed by atoms with Gasteiger partial charge in [-0.25, -0.2) is 4.39 Å². The minimum absolute atomic E-state index is 0.111. The van der Waals surface area contributed by atoms with Gasteiger partial charge in [0.15, 0.2) is 0 Å². The fraction of sp³-hybridized carbons (Fsp3) is 0.611. The van der Waals surface area contributed by atoms with Crippen LogP contribution in [0.3, 0.4) is 0 Å². The minimum Gasteiger partial charge on any atom is -0.339 e. The largest absolute Gasteiger partial charge is 0.339 e. The zero-order valence-electron chi connectivity index (χ0n) is 13.9. The molecule has 5 heteroatoms. The average Bonchev–Trinajstić information content (AvgIpc) is 3.04. The zero-order chi connectivity index (χ0) is 16.7. The van der Waals surface area contributed by atoms with Crippen LogP contribution in [0.5, 0.6) is 0 Å². The molecule has 126 valence electrons. The van der Waals surface area contributed by atoms with Crippen LogP contribution in [0, 0.1) is 17.7 Å². The van der Waals surface area contributed by atoms with Crippen molar-refractivity contribution in [2.24, 2.45) is 11.8 Å². The van der Waals surface area contributed by atoms with Crippen molar-refractivity contribution in [3.63, 3.8) is 0 Å². The highest BCUT2D eigenvalue weighted by Crippen LogP contribution is 2.46. The van der Waals surface area contributed by atoms with Gasteiger partial charge in [0.1, 0.15) is 5.82 Å². The third kappa shape index (κ3) is 3.24. The molecule has 2 saturated carbocycles. The molecule has 4 atom stereocenters. The van der Waals surface area contributed by atoms with Gasteiger partial charge < -0.3 is 9.80 Å². The fourth-order valence-corrected chi connectivity index (χ4v) is 4.47.